The summed E-state index contributed by atoms with van der Waals surface area (Å²) in [6.07, 6.45) is 7.62. The highest BCUT2D eigenvalue weighted by Crippen LogP contribution is 2.44. The minimum atomic E-state index is 0.0481. The highest BCUT2D eigenvalue weighted by Gasteiger charge is 2.47. The number of rotatable bonds is 4. The predicted molar refractivity (Wildman–Crippen MR) is 128 cm³/mol. The zero-order valence-electron chi connectivity index (χ0n) is 17.7. The van der Waals surface area contributed by atoms with Crippen LogP contribution in [0.15, 0.2) is 94.4 Å². The molecule has 0 saturated heterocycles. The van der Waals surface area contributed by atoms with Gasteiger partial charge in [0, 0.05) is 16.9 Å². The zero-order valence-corrected chi connectivity index (χ0v) is 17.7. The molecule has 6 nitrogen and oxygen atoms in total. The van der Waals surface area contributed by atoms with Crippen molar-refractivity contribution in [3.05, 3.63) is 90.0 Å². The molecule has 1 atom stereocenters. The molecule has 3 aliphatic rings. The summed E-state index contributed by atoms with van der Waals surface area (Å²) in [7, 11) is 0. The molecule has 3 heterocycles. The van der Waals surface area contributed by atoms with Gasteiger partial charge in [-0.1, -0.05) is 42.5 Å². The number of benzene rings is 2. The van der Waals surface area contributed by atoms with Crippen molar-refractivity contribution in [2.24, 2.45) is 33.4 Å². The van der Waals surface area contributed by atoms with Crippen LogP contribution in [-0.2, 0) is 0 Å². The van der Waals surface area contributed by atoms with E-state index in [1.807, 2.05) is 30.6 Å². The Bertz CT molecular complexity index is 1330. The third kappa shape index (κ3) is 2.96. The Kier molecular flexibility index (Phi) is 4.40. The summed E-state index contributed by atoms with van der Waals surface area (Å²) >= 11 is 0. The number of pyridine rings is 1. The largest absolute Gasteiger partial charge is 0.330 e. The van der Waals surface area contributed by atoms with E-state index in [1.165, 1.54) is 0 Å². The Labute approximate surface area is 186 Å². The number of fused-ring (bicyclic) bond motifs is 2. The maximum absolute atomic E-state index is 6.91. The molecule has 3 aromatic rings. The van der Waals surface area contributed by atoms with Crippen molar-refractivity contribution in [1.82, 2.24) is 4.98 Å². The predicted octanol–water partition coefficient (Wildman–Crippen LogP) is 4.10. The lowest BCUT2D eigenvalue weighted by Gasteiger charge is -2.34. The first-order valence-corrected chi connectivity index (χ1v) is 11.0. The molecular formula is C26H25N6+. The maximum atomic E-state index is 6.91. The lowest BCUT2D eigenvalue weighted by molar-refractivity contribution is -0.750. The molecule has 1 saturated carbocycles. The van der Waals surface area contributed by atoms with Gasteiger partial charge in [-0.3, -0.25) is 4.99 Å². The molecule has 158 valence electrons. The normalized spacial score (nSPS) is 26.2. The van der Waals surface area contributed by atoms with Gasteiger partial charge in [-0.15, -0.1) is 4.59 Å². The molecule has 0 amide bonds. The van der Waals surface area contributed by atoms with Crippen LogP contribution >= 0.6 is 0 Å². The van der Waals surface area contributed by atoms with Gasteiger partial charge in [-0.2, -0.15) is 10.8 Å². The van der Waals surface area contributed by atoms with E-state index in [-0.39, 0.29) is 4.59 Å². The minimum absolute atomic E-state index is 0.0481. The van der Waals surface area contributed by atoms with Crippen LogP contribution in [0, 0.1) is 11.8 Å². The molecule has 0 bridgehead atoms. The van der Waals surface area contributed by atoms with Crippen LogP contribution in [-0.4, -0.2) is 28.2 Å². The number of aromatic nitrogens is 1. The van der Waals surface area contributed by atoms with Crippen LogP contribution in [0.2, 0.25) is 0 Å². The van der Waals surface area contributed by atoms with Crippen molar-refractivity contribution in [3.8, 4) is 11.3 Å². The number of quaternary nitrogens is 1. The molecule has 1 unspecified atom stereocenters. The molecule has 2 aliphatic heterocycles. The Morgan fingerprint density at radius 3 is 2.59 bits per heavy atom. The van der Waals surface area contributed by atoms with Crippen LogP contribution in [0.3, 0.4) is 0 Å². The fourth-order valence-electron chi connectivity index (χ4n) is 4.88. The summed E-state index contributed by atoms with van der Waals surface area (Å²) in [5, 5.41) is 1.09. The Balaban J connectivity index is 1.42. The van der Waals surface area contributed by atoms with Crippen molar-refractivity contribution < 1.29 is 4.59 Å². The van der Waals surface area contributed by atoms with E-state index < -0.39 is 0 Å². The van der Waals surface area contributed by atoms with Crippen molar-refractivity contribution in [1.29, 1.82) is 0 Å². The fraction of sp³-hybridized carbons (Fsp3) is 0.192. The van der Waals surface area contributed by atoms with Gasteiger partial charge >= 0.3 is 0 Å². The second kappa shape index (κ2) is 7.31. The second-order valence-corrected chi connectivity index (χ2v) is 8.80. The summed E-state index contributed by atoms with van der Waals surface area (Å²) in [6, 6.07) is 20.7. The molecule has 6 rings (SSSR count). The SMILES string of the molecule is NCC1CC(C2=C3C=NC=C[N+]3(N)C(c3ccc4ccc(-c5ccccc5)nc4c3)=N2)C1. The first kappa shape index (κ1) is 19.3. The molecule has 4 N–H and O–H groups in total. The molecule has 0 radical (unpaired) electrons. The van der Waals surface area contributed by atoms with Crippen molar-refractivity contribution in [2.75, 3.05) is 6.54 Å². The van der Waals surface area contributed by atoms with Gasteiger partial charge < -0.3 is 5.73 Å². The van der Waals surface area contributed by atoms with E-state index in [0.29, 0.717) is 11.8 Å². The number of aliphatic imine (C=N–C) groups is 2. The number of hydrogen-bond donors (Lipinski definition) is 2. The van der Waals surface area contributed by atoms with Gasteiger partial charge in [0.25, 0.3) is 5.84 Å². The summed E-state index contributed by atoms with van der Waals surface area (Å²) in [4.78, 5) is 14.4. The first-order valence-electron chi connectivity index (χ1n) is 11.0. The number of nitrogens with zero attached hydrogens (tertiary/aromatic N) is 4. The van der Waals surface area contributed by atoms with Crippen molar-refractivity contribution in [2.45, 2.75) is 12.8 Å². The molecule has 0 spiro atoms. The van der Waals surface area contributed by atoms with Crippen LogP contribution in [0.4, 0.5) is 0 Å². The van der Waals surface area contributed by atoms with Gasteiger partial charge in [0.1, 0.15) is 11.9 Å². The number of nitrogens with two attached hydrogens (primary N) is 2. The number of amidine groups is 1. The zero-order chi connectivity index (χ0) is 21.7. The topological polar surface area (TPSA) is 89.6 Å². The highest BCUT2D eigenvalue weighted by atomic mass is 15.6. The molecular weight excluding hydrogens is 396 g/mol. The summed E-state index contributed by atoms with van der Waals surface area (Å²) < 4.78 is 0.0481. The van der Waals surface area contributed by atoms with Crippen molar-refractivity contribution >= 4 is 23.0 Å². The molecule has 2 aromatic carbocycles. The molecule has 1 fully saturated rings. The van der Waals surface area contributed by atoms with Gasteiger partial charge in [0.05, 0.1) is 29.2 Å². The van der Waals surface area contributed by atoms with Gasteiger partial charge in [0.2, 0.25) is 5.70 Å². The van der Waals surface area contributed by atoms with E-state index in [4.69, 9.17) is 21.6 Å². The fourth-order valence-corrected chi connectivity index (χ4v) is 4.88. The molecule has 6 heteroatoms. The lowest BCUT2D eigenvalue weighted by atomic mass is 9.73. The van der Waals surface area contributed by atoms with E-state index in [1.54, 1.807) is 6.20 Å². The quantitative estimate of drug-likeness (QED) is 0.491. The standard InChI is InChI=1S/C26H25N6/c27-15-17-12-21(13-17)25-24-16-29-10-11-32(24,28)26(31-25)20-7-6-19-8-9-22(30-23(19)14-20)18-4-2-1-3-5-18/h1-11,14,16-17,21H,12-13,15,27-28H2/q+1. The average Bonchev–Trinajstić information content (AvgIpc) is 3.11. The van der Waals surface area contributed by atoms with E-state index in [0.717, 1.165) is 64.3 Å². The molecule has 32 heavy (non-hydrogen) atoms. The molecule has 1 aliphatic carbocycles. The minimum Gasteiger partial charge on any atom is -0.330 e. The molecule has 1 aromatic heterocycles. The summed E-state index contributed by atoms with van der Waals surface area (Å²) in [5.41, 5.74) is 11.8. The third-order valence-corrected chi connectivity index (χ3v) is 6.80. The van der Waals surface area contributed by atoms with Gasteiger partial charge in [0.15, 0.2) is 0 Å². The maximum Gasteiger partial charge on any atom is 0.264 e. The Morgan fingerprint density at radius 2 is 1.78 bits per heavy atom. The van der Waals surface area contributed by atoms with Crippen molar-refractivity contribution in [3.63, 3.8) is 0 Å². The summed E-state index contributed by atoms with van der Waals surface area (Å²) in [6.45, 7) is 0.729. The van der Waals surface area contributed by atoms with Crippen LogP contribution in [0.1, 0.15) is 18.4 Å². The average molecular weight is 422 g/mol. The van der Waals surface area contributed by atoms with Crippen LogP contribution < -0.4 is 11.6 Å². The van der Waals surface area contributed by atoms with Gasteiger partial charge in [-0.05, 0) is 43.5 Å². The first-order chi connectivity index (χ1) is 15.7. The smallest absolute Gasteiger partial charge is 0.264 e. The summed E-state index contributed by atoms with van der Waals surface area (Å²) in [5.74, 6) is 8.67. The van der Waals surface area contributed by atoms with E-state index in [9.17, 15) is 0 Å². The Hall–Kier alpha value is -3.45. The highest BCUT2D eigenvalue weighted by molar-refractivity contribution is 6.02. The van der Waals surface area contributed by atoms with Crippen LogP contribution in [0.5, 0.6) is 0 Å². The van der Waals surface area contributed by atoms with E-state index in [2.05, 4.69) is 47.5 Å². The second-order valence-electron chi connectivity index (χ2n) is 8.80. The third-order valence-electron chi connectivity index (χ3n) is 6.80. The van der Waals surface area contributed by atoms with E-state index >= 15 is 0 Å². The number of hydrogen-bond acceptors (Lipinski definition) is 5. The monoisotopic (exact) mass is 421 g/mol. The number of allylic oxidation sites excluding steroid dienone is 2. The lowest BCUT2D eigenvalue weighted by Crippen LogP contribution is -2.53. The Morgan fingerprint density at radius 1 is 0.969 bits per heavy atom. The van der Waals surface area contributed by atoms with Gasteiger partial charge in [-0.25, -0.2) is 4.98 Å². The van der Waals surface area contributed by atoms with Crippen LogP contribution in [0.25, 0.3) is 22.2 Å².